The monoisotopic (exact) mass is 250 g/mol. The molecule has 1 heterocycles. The van der Waals surface area contributed by atoms with Gasteiger partial charge in [-0.15, -0.1) is 0 Å². The fourth-order valence-corrected chi connectivity index (χ4v) is 3.56. The lowest BCUT2D eigenvalue weighted by atomic mass is 9.96. The number of piperidine rings is 1. The maximum atomic E-state index is 4.03. The van der Waals surface area contributed by atoms with Crippen molar-refractivity contribution in [2.75, 3.05) is 13.1 Å². The molecule has 1 N–H and O–H groups in total. The van der Waals surface area contributed by atoms with Crippen LogP contribution in [0.3, 0.4) is 0 Å². The third-order valence-corrected chi connectivity index (χ3v) is 5.13. The first-order chi connectivity index (χ1) is 8.54. The standard InChI is InChI=1S/C16H30N2/c1-16(2,3)18-10-8-14(9-11-18)17-15(12-4-5-12)13-6-7-13/h12-15,17H,4-11H2,1-3H3. The molecule has 0 aromatic carbocycles. The molecule has 3 aliphatic rings. The van der Waals surface area contributed by atoms with E-state index in [9.17, 15) is 0 Å². The Labute approximate surface area is 113 Å². The normalized spacial score (nSPS) is 28.0. The summed E-state index contributed by atoms with van der Waals surface area (Å²) in [5, 5.41) is 4.03. The second-order valence-electron chi connectivity index (χ2n) is 7.80. The molecule has 0 unspecified atom stereocenters. The molecule has 0 aromatic rings. The van der Waals surface area contributed by atoms with Gasteiger partial charge in [-0.2, -0.15) is 0 Å². The first kappa shape index (κ1) is 12.9. The van der Waals surface area contributed by atoms with E-state index in [0.29, 0.717) is 5.54 Å². The summed E-state index contributed by atoms with van der Waals surface area (Å²) in [7, 11) is 0. The summed E-state index contributed by atoms with van der Waals surface area (Å²) in [5.74, 6) is 2.08. The van der Waals surface area contributed by atoms with Gasteiger partial charge in [-0.3, -0.25) is 4.90 Å². The Morgan fingerprint density at radius 3 is 1.78 bits per heavy atom. The lowest BCUT2D eigenvalue weighted by molar-refractivity contribution is 0.0920. The molecule has 0 amide bonds. The van der Waals surface area contributed by atoms with Crippen molar-refractivity contribution in [3.63, 3.8) is 0 Å². The van der Waals surface area contributed by atoms with Gasteiger partial charge in [0.2, 0.25) is 0 Å². The maximum absolute atomic E-state index is 4.03. The zero-order valence-electron chi connectivity index (χ0n) is 12.4. The van der Waals surface area contributed by atoms with Gasteiger partial charge >= 0.3 is 0 Å². The average Bonchev–Trinajstić information content (AvgIpc) is 3.16. The molecule has 18 heavy (non-hydrogen) atoms. The van der Waals surface area contributed by atoms with Crippen molar-refractivity contribution < 1.29 is 0 Å². The van der Waals surface area contributed by atoms with Gasteiger partial charge < -0.3 is 5.32 Å². The summed E-state index contributed by atoms with van der Waals surface area (Å²) in [6.45, 7) is 9.60. The van der Waals surface area contributed by atoms with Crippen molar-refractivity contribution >= 4 is 0 Å². The summed E-state index contributed by atoms with van der Waals surface area (Å²) in [6.07, 6.45) is 8.69. The summed E-state index contributed by atoms with van der Waals surface area (Å²) < 4.78 is 0. The largest absolute Gasteiger partial charge is 0.311 e. The van der Waals surface area contributed by atoms with Crippen LogP contribution in [0.15, 0.2) is 0 Å². The lowest BCUT2D eigenvalue weighted by Crippen LogP contribution is -2.52. The van der Waals surface area contributed by atoms with Crippen LogP contribution >= 0.6 is 0 Å². The smallest absolute Gasteiger partial charge is 0.0126 e. The van der Waals surface area contributed by atoms with Crippen molar-refractivity contribution in [3.8, 4) is 0 Å². The van der Waals surface area contributed by atoms with E-state index < -0.39 is 0 Å². The van der Waals surface area contributed by atoms with Crippen LogP contribution in [0.2, 0.25) is 0 Å². The van der Waals surface area contributed by atoms with Crippen LogP contribution in [0.4, 0.5) is 0 Å². The van der Waals surface area contributed by atoms with E-state index in [4.69, 9.17) is 0 Å². The SMILES string of the molecule is CC(C)(C)N1CCC(NC(C2CC2)C2CC2)CC1. The van der Waals surface area contributed by atoms with Crippen molar-refractivity contribution in [1.82, 2.24) is 10.2 Å². The summed E-state index contributed by atoms with van der Waals surface area (Å²) in [5.41, 5.74) is 0.358. The fourth-order valence-electron chi connectivity index (χ4n) is 3.56. The number of hydrogen-bond donors (Lipinski definition) is 1. The quantitative estimate of drug-likeness (QED) is 0.825. The second kappa shape index (κ2) is 4.79. The van der Waals surface area contributed by atoms with Gasteiger partial charge in [0.25, 0.3) is 0 Å². The Hall–Kier alpha value is -0.0800. The molecule has 0 atom stereocenters. The predicted octanol–water partition coefficient (Wildman–Crippen LogP) is 3.03. The zero-order valence-corrected chi connectivity index (χ0v) is 12.4. The molecule has 2 nitrogen and oxygen atoms in total. The molecule has 2 heteroatoms. The van der Waals surface area contributed by atoms with E-state index in [0.717, 1.165) is 23.9 Å². The molecule has 3 fully saturated rings. The summed E-state index contributed by atoms with van der Waals surface area (Å²) in [6, 6.07) is 1.69. The minimum Gasteiger partial charge on any atom is -0.311 e. The highest BCUT2D eigenvalue weighted by atomic mass is 15.2. The van der Waals surface area contributed by atoms with Crippen LogP contribution in [0, 0.1) is 11.8 Å². The van der Waals surface area contributed by atoms with Gasteiger partial charge in [0.1, 0.15) is 0 Å². The highest BCUT2D eigenvalue weighted by molar-refractivity contribution is 4.98. The minimum absolute atomic E-state index is 0.358. The average molecular weight is 250 g/mol. The first-order valence-corrected chi connectivity index (χ1v) is 8.05. The molecule has 1 aliphatic heterocycles. The molecule has 0 aromatic heterocycles. The van der Waals surface area contributed by atoms with Crippen LogP contribution in [0.5, 0.6) is 0 Å². The van der Waals surface area contributed by atoms with Crippen LogP contribution < -0.4 is 5.32 Å². The van der Waals surface area contributed by atoms with Gasteiger partial charge in [-0.05, 0) is 71.1 Å². The van der Waals surface area contributed by atoms with E-state index in [1.165, 1.54) is 51.6 Å². The molecular formula is C16H30N2. The molecule has 0 bridgehead atoms. The van der Waals surface area contributed by atoms with E-state index in [2.05, 4.69) is 31.0 Å². The van der Waals surface area contributed by atoms with Gasteiger partial charge in [0.15, 0.2) is 0 Å². The van der Waals surface area contributed by atoms with Crippen LogP contribution in [-0.4, -0.2) is 35.6 Å². The summed E-state index contributed by atoms with van der Waals surface area (Å²) in [4.78, 5) is 2.65. The number of nitrogens with zero attached hydrogens (tertiary/aromatic N) is 1. The van der Waals surface area contributed by atoms with Crippen LogP contribution in [-0.2, 0) is 0 Å². The Balaban J connectivity index is 1.47. The molecule has 0 spiro atoms. The van der Waals surface area contributed by atoms with E-state index in [1.54, 1.807) is 0 Å². The van der Waals surface area contributed by atoms with E-state index >= 15 is 0 Å². The van der Waals surface area contributed by atoms with Gasteiger partial charge in [-0.1, -0.05) is 0 Å². The van der Waals surface area contributed by atoms with Crippen LogP contribution in [0.1, 0.15) is 59.3 Å². The Morgan fingerprint density at radius 2 is 1.39 bits per heavy atom. The third kappa shape index (κ3) is 3.08. The maximum Gasteiger partial charge on any atom is 0.0126 e. The molecule has 1 saturated heterocycles. The molecule has 3 rings (SSSR count). The number of likely N-dealkylation sites (tertiary alicyclic amines) is 1. The predicted molar refractivity (Wildman–Crippen MR) is 76.7 cm³/mol. The molecule has 2 saturated carbocycles. The highest BCUT2D eigenvalue weighted by Gasteiger charge is 2.42. The van der Waals surface area contributed by atoms with E-state index in [1.807, 2.05) is 0 Å². The fraction of sp³-hybridized carbons (Fsp3) is 1.00. The first-order valence-electron chi connectivity index (χ1n) is 8.05. The van der Waals surface area contributed by atoms with Crippen molar-refractivity contribution in [1.29, 1.82) is 0 Å². The second-order valence-corrected chi connectivity index (χ2v) is 7.80. The third-order valence-electron chi connectivity index (χ3n) is 5.13. The van der Waals surface area contributed by atoms with Crippen molar-refractivity contribution in [3.05, 3.63) is 0 Å². The van der Waals surface area contributed by atoms with Gasteiger partial charge in [-0.25, -0.2) is 0 Å². The van der Waals surface area contributed by atoms with Gasteiger partial charge in [0.05, 0.1) is 0 Å². The van der Waals surface area contributed by atoms with Gasteiger partial charge in [0, 0.05) is 30.7 Å². The lowest BCUT2D eigenvalue weighted by Gasteiger charge is -2.42. The number of rotatable bonds is 4. The molecule has 0 radical (unpaired) electrons. The zero-order chi connectivity index (χ0) is 12.8. The number of hydrogen-bond acceptors (Lipinski definition) is 2. The minimum atomic E-state index is 0.358. The molecular weight excluding hydrogens is 220 g/mol. The Morgan fingerprint density at radius 1 is 0.889 bits per heavy atom. The van der Waals surface area contributed by atoms with Crippen LogP contribution in [0.25, 0.3) is 0 Å². The van der Waals surface area contributed by atoms with E-state index in [-0.39, 0.29) is 0 Å². The number of nitrogens with one attached hydrogen (secondary N) is 1. The Kier molecular flexibility index (Phi) is 3.44. The summed E-state index contributed by atoms with van der Waals surface area (Å²) >= 11 is 0. The van der Waals surface area contributed by atoms with Crippen molar-refractivity contribution in [2.45, 2.75) is 76.9 Å². The highest BCUT2D eigenvalue weighted by Crippen LogP contribution is 2.45. The molecule has 104 valence electrons. The Bertz CT molecular complexity index is 266. The van der Waals surface area contributed by atoms with Crippen molar-refractivity contribution in [2.24, 2.45) is 11.8 Å². The molecule has 2 aliphatic carbocycles. The topological polar surface area (TPSA) is 15.3 Å².